The van der Waals surface area contributed by atoms with Gasteiger partial charge in [-0.1, -0.05) is 60.7 Å². The Morgan fingerprint density at radius 3 is 1.27 bits per heavy atom. The Hall–Kier alpha value is -4.15. The third-order valence-corrected chi connectivity index (χ3v) is 13.8. The van der Waals surface area contributed by atoms with Gasteiger partial charge in [0.25, 0.3) is 0 Å². The molecule has 49 heavy (non-hydrogen) atoms. The fourth-order valence-corrected chi connectivity index (χ4v) is 11.6. The predicted octanol–water partition coefficient (Wildman–Crippen LogP) is 3.97. The van der Waals surface area contributed by atoms with Crippen molar-refractivity contribution in [3.8, 4) is 23.0 Å². The summed E-state index contributed by atoms with van der Waals surface area (Å²) in [7, 11) is -7.58. The van der Waals surface area contributed by atoms with E-state index in [0.29, 0.717) is 22.6 Å². The van der Waals surface area contributed by atoms with Crippen molar-refractivity contribution in [3.63, 3.8) is 0 Å². The lowest BCUT2D eigenvalue weighted by Gasteiger charge is -2.37. The molecule has 1 aliphatic heterocycles. The minimum absolute atomic E-state index is 0.0217. The highest BCUT2D eigenvalue weighted by molar-refractivity contribution is 7.92. The first-order valence-electron chi connectivity index (χ1n) is 15.1. The maximum Gasteiger partial charge on any atom is 0.247 e. The van der Waals surface area contributed by atoms with Crippen LogP contribution in [-0.2, 0) is 43.0 Å². The van der Waals surface area contributed by atoms with E-state index in [2.05, 4.69) is 0 Å². The number of sulfone groups is 1. The van der Waals surface area contributed by atoms with Crippen molar-refractivity contribution < 1.29 is 44.2 Å². The smallest absolute Gasteiger partial charge is 0.247 e. The molecule has 0 bridgehead atoms. The molecule has 0 amide bonds. The van der Waals surface area contributed by atoms with Gasteiger partial charge in [-0.05, 0) is 35.4 Å². The molecule has 4 aromatic rings. The molecule has 0 spiro atoms. The molecule has 5 rings (SSSR count). The molecule has 0 saturated carbocycles. The Bertz CT molecular complexity index is 1950. The first kappa shape index (κ1) is 36.1. The third kappa shape index (κ3) is 7.70. The molecule has 1 aliphatic rings. The average molecular weight is 731 g/mol. The number of hydrogen-bond donors (Lipinski definition) is 0. The van der Waals surface area contributed by atoms with Crippen LogP contribution in [-0.4, -0.2) is 85.9 Å². The van der Waals surface area contributed by atoms with Crippen LogP contribution in [0, 0.1) is 0 Å². The molecule has 12 nitrogen and oxygen atoms in total. The highest BCUT2D eigenvalue weighted by Gasteiger charge is 2.51. The summed E-state index contributed by atoms with van der Waals surface area (Å²) in [5, 5.41) is 0. The van der Waals surface area contributed by atoms with Gasteiger partial charge in [-0.2, -0.15) is 8.61 Å². The van der Waals surface area contributed by atoms with Crippen LogP contribution >= 0.6 is 0 Å². The van der Waals surface area contributed by atoms with E-state index < -0.39 is 53.5 Å². The lowest BCUT2D eigenvalue weighted by Crippen LogP contribution is -2.54. The summed E-state index contributed by atoms with van der Waals surface area (Å²) >= 11 is 0. The van der Waals surface area contributed by atoms with Crippen LogP contribution in [0.1, 0.15) is 11.1 Å². The Kier molecular flexibility index (Phi) is 10.9. The first-order chi connectivity index (χ1) is 23.3. The SMILES string of the molecule is COc1ccc(S(=O)(=O)N(Cc2ccccc2)[C@@H]2CS(=O)(=O)C[C@H]2N(Cc2ccccc2)S(=O)(=O)c2ccc(OC)cc2OC)c(OC)c1. The van der Waals surface area contributed by atoms with E-state index in [1.807, 2.05) is 0 Å². The van der Waals surface area contributed by atoms with Gasteiger partial charge >= 0.3 is 0 Å². The zero-order chi connectivity index (χ0) is 35.4. The molecule has 4 aromatic carbocycles. The number of ether oxygens (including phenoxy) is 4. The van der Waals surface area contributed by atoms with E-state index in [0.717, 1.165) is 8.61 Å². The first-order valence-corrected chi connectivity index (χ1v) is 19.8. The lowest BCUT2D eigenvalue weighted by molar-refractivity contribution is 0.218. The Morgan fingerprint density at radius 2 is 0.939 bits per heavy atom. The average Bonchev–Trinajstić information content (AvgIpc) is 3.43. The molecule has 1 fully saturated rings. The van der Waals surface area contributed by atoms with Crippen LogP contribution in [0.4, 0.5) is 0 Å². The maximum atomic E-state index is 14.7. The molecule has 0 radical (unpaired) electrons. The van der Waals surface area contributed by atoms with Gasteiger partial charge in [0.15, 0.2) is 9.84 Å². The number of hydrogen-bond acceptors (Lipinski definition) is 10. The van der Waals surface area contributed by atoms with Gasteiger partial charge in [-0.25, -0.2) is 25.3 Å². The molecular weight excluding hydrogens is 693 g/mol. The third-order valence-electron chi connectivity index (χ3n) is 8.31. The van der Waals surface area contributed by atoms with Crippen molar-refractivity contribution in [3.05, 3.63) is 108 Å². The topological polar surface area (TPSA) is 146 Å². The number of benzene rings is 4. The minimum Gasteiger partial charge on any atom is -0.497 e. The van der Waals surface area contributed by atoms with Crippen molar-refractivity contribution in [1.29, 1.82) is 0 Å². The standard InChI is InChI=1S/C34H38N2O10S3/c1-43-27-15-17-33(31(19-27)45-3)48(39,40)35(21-25-11-7-5-8-12-25)29-23-47(37,38)24-30(29)36(22-26-13-9-6-10-14-26)49(41,42)34-18-16-28(44-2)20-32(34)46-4/h5-20,29-30H,21-24H2,1-4H3/t29-,30-/m1/s1. The molecule has 15 heteroatoms. The Morgan fingerprint density at radius 1 is 0.571 bits per heavy atom. The van der Waals surface area contributed by atoms with Gasteiger partial charge in [-0.15, -0.1) is 0 Å². The summed E-state index contributed by atoms with van der Waals surface area (Å²) in [6.07, 6.45) is 0. The fraction of sp³-hybridized carbons (Fsp3) is 0.294. The molecular formula is C34H38N2O10S3. The summed E-state index contributed by atoms with van der Waals surface area (Å²) < 4.78 is 110. The van der Waals surface area contributed by atoms with Crippen LogP contribution < -0.4 is 18.9 Å². The predicted molar refractivity (Wildman–Crippen MR) is 184 cm³/mol. The van der Waals surface area contributed by atoms with E-state index in [4.69, 9.17) is 18.9 Å². The largest absolute Gasteiger partial charge is 0.497 e. The molecule has 2 atom stereocenters. The second-order valence-corrected chi connectivity index (χ2v) is 17.2. The van der Waals surface area contributed by atoms with Gasteiger partial charge in [0, 0.05) is 25.2 Å². The van der Waals surface area contributed by atoms with Gasteiger partial charge in [-0.3, -0.25) is 0 Å². The highest BCUT2D eigenvalue weighted by Crippen LogP contribution is 2.39. The van der Waals surface area contributed by atoms with Gasteiger partial charge in [0.05, 0.1) is 52.0 Å². The fourth-order valence-electron chi connectivity index (χ4n) is 5.88. The van der Waals surface area contributed by atoms with Crippen LogP contribution in [0.2, 0.25) is 0 Å². The summed E-state index contributed by atoms with van der Waals surface area (Å²) in [5.74, 6) is -0.593. The zero-order valence-electron chi connectivity index (χ0n) is 27.4. The van der Waals surface area contributed by atoms with Crippen molar-refractivity contribution in [2.45, 2.75) is 35.0 Å². The van der Waals surface area contributed by atoms with E-state index in [1.54, 1.807) is 60.7 Å². The summed E-state index contributed by atoms with van der Waals surface area (Å²) in [5.41, 5.74) is 1.13. The highest BCUT2D eigenvalue weighted by atomic mass is 32.2. The number of methoxy groups -OCH3 is 4. The van der Waals surface area contributed by atoms with Crippen LogP contribution in [0.5, 0.6) is 23.0 Å². The normalized spacial score (nSPS) is 17.6. The van der Waals surface area contributed by atoms with Crippen molar-refractivity contribution in [2.24, 2.45) is 0 Å². The minimum atomic E-state index is -4.55. The number of rotatable bonds is 14. The van der Waals surface area contributed by atoms with Crippen molar-refractivity contribution in [2.75, 3.05) is 39.9 Å². The van der Waals surface area contributed by atoms with Crippen molar-refractivity contribution in [1.82, 2.24) is 8.61 Å². The molecule has 1 saturated heterocycles. The van der Waals surface area contributed by atoms with E-state index >= 15 is 0 Å². The van der Waals surface area contributed by atoms with Gasteiger partial charge in [0.2, 0.25) is 20.0 Å². The molecule has 0 unspecified atom stereocenters. The number of sulfonamides is 2. The molecule has 0 aliphatic carbocycles. The van der Waals surface area contributed by atoms with E-state index in [9.17, 15) is 25.3 Å². The molecule has 0 aromatic heterocycles. The maximum absolute atomic E-state index is 14.7. The van der Waals surface area contributed by atoms with Crippen molar-refractivity contribution >= 4 is 29.9 Å². The molecule has 0 N–H and O–H groups in total. The van der Waals surface area contributed by atoms with E-state index in [-0.39, 0.29) is 34.4 Å². The van der Waals surface area contributed by atoms with Crippen LogP contribution in [0.15, 0.2) is 107 Å². The van der Waals surface area contributed by atoms with Crippen LogP contribution in [0.3, 0.4) is 0 Å². The number of nitrogens with zero attached hydrogens (tertiary/aromatic N) is 2. The zero-order valence-corrected chi connectivity index (χ0v) is 29.9. The lowest BCUT2D eigenvalue weighted by atomic mass is 10.1. The van der Waals surface area contributed by atoms with Gasteiger partial charge in [0.1, 0.15) is 32.8 Å². The Balaban J connectivity index is 1.72. The second kappa shape index (κ2) is 14.8. The molecule has 1 heterocycles. The summed E-state index contributed by atoms with van der Waals surface area (Å²) in [4.78, 5) is -0.465. The molecule has 262 valence electrons. The monoisotopic (exact) mass is 730 g/mol. The second-order valence-electron chi connectivity index (χ2n) is 11.3. The van der Waals surface area contributed by atoms with Crippen LogP contribution in [0.25, 0.3) is 0 Å². The van der Waals surface area contributed by atoms with Gasteiger partial charge < -0.3 is 18.9 Å². The summed E-state index contributed by atoms with van der Waals surface area (Å²) in [6, 6.07) is 23.1. The Labute approximate surface area is 287 Å². The summed E-state index contributed by atoms with van der Waals surface area (Å²) in [6.45, 7) is -0.500. The van der Waals surface area contributed by atoms with E-state index in [1.165, 1.54) is 64.8 Å². The quantitative estimate of drug-likeness (QED) is 0.187.